The van der Waals surface area contributed by atoms with Crippen molar-refractivity contribution in [2.45, 2.75) is 13.5 Å². The lowest BCUT2D eigenvalue weighted by Gasteiger charge is -2.13. The molecule has 4 aromatic heterocycles. The van der Waals surface area contributed by atoms with Crippen LogP contribution in [0.1, 0.15) is 21.4 Å². The highest BCUT2D eigenvalue weighted by molar-refractivity contribution is 6.01. The zero-order valence-electron chi connectivity index (χ0n) is 20.6. The van der Waals surface area contributed by atoms with E-state index in [9.17, 15) is 18.4 Å². The van der Waals surface area contributed by atoms with E-state index in [1.807, 2.05) is 5.32 Å². The molecule has 33 heavy (non-hydrogen) atoms. The summed E-state index contributed by atoms with van der Waals surface area (Å²) in [6.45, 7) is -0.838. The first kappa shape index (κ1) is 18.3. The van der Waals surface area contributed by atoms with Gasteiger partial charge in [-0.05, 0) is 31.2 Å². The Labute approximate surface area is 191 Å². The second-order valence-corrected chi connectivity index (χ2v) is 7.10. The maximum atomic E-state index is 14.8. The van der Waals surface area contributed by atoms with Crippen molar-refractivity contribution in [2.75, 3.05) is 17.6 Å². The molecule has 0 fully saturated rings. The Bertz CT molecular complexity index is 1520. The quantitative estimate of drug-likeness (QED) is 0.411. The fraction of sp³-hybridized carbons (Fsp3) is 0.182. The van der Waals surface area contributed by atoms with Crippen molar-refractivity contribution in [1.82, 2.24) is 24.4 Å². The average Bonchev–Trinajstić information content (AvgIpc) is 3.13. The van der Waals surface area contributed by atoms with E-state index in [2.05, 4.69) is 20.6 Å². The molecule has 11 heteroatoms. The molecule has 0 bridgehead atoms. The predicted octanol–water partition coefficient (Wildman–Crippen LogP) is 3.27. The summed E-state index contributed by atoms with van der Waals surface area (Å²) in [7, 11) is 1.56. The third-order valence-electron chi connectivity index (χ3n) is 4.98. The molecule has 0 aliphatic carbocycles. The van der Waals surface area contributed by atoms with Crippen molar-refractivity contribution in [3.8, 4) is 0 Å². The van der Waals surface area contributed by atoms with Crippen molar-refractivity contribution >= 4 is 40.0 Å². The highest BCUT2D eigenvalue weighted by Gasteiger charge is 2.20. The van der Waals surface area contributed by atoms with Gasteiger partial charge in [0, 0.05) is 37.1 Å². The van der Waals surface area contributed by atoms with Gasteiger partial charge in [0.15, 0.2) is 5.82 Å². The van der Waals surface area contributed by atoms with Crippen LogP contribution in [0.3, 0.4) is 0 Å². The van der Waals surface area contributed by atoms with Crippen LogP contribution in [-0.4, -0.2) is 32.0 Å². The molecule has 1 amide bonds. The molecule has 9 nitrogen and oxygen atoms in total. The minimum Gasteiger partial charge on any atom is -0.355 e. The Balaban J connectivity index is 1.82. The number of aryl methyl sites for hydroxylation is 2. The number of carbonyl (C=O) groups is 1. The number of pyridine rings is 3. The van der Waals surface area contributed by atoms with Crippen LogP contribution in [0.15, 0.2) is 47.7 Å². The summed E-state index contributed by atoms with van der Waals surface area (Å²) in [5, 5.41) is 7.65. The largest absolute Gasteiger partial charge is 0.355 e. The van der Waals surface area contributed by atoms with Gasteiger partial charge < -0.3 is 25.1 Å². The van der Waals surface area contributed by atoms with E-state index >= 15 is 0 Å². The van der Waals surface area contributed by atoms with Crippen LogP contribution in [0, 0.1) is 11.6 Å². The molecular formula is C22H21F2N7O2. The van der Waals surface area contributed by atoms with Gasteiger partial charge in [0.25, 0.3) is 11.5 Å². The molecular weight excluding hydrogens is 432 g/mol. The number of anilines is 4. The SMILES string of the molecule is [2H]C([2H])([2H])NC(=O)c1ccc(Nc2ccc(F)cn2)nc1Nc1cn(C)c2c(F)cn(CC)c(=O)c12. The highest BCUT2D eigenvalue weighted by atomic mass is 19.1. The standard InChI is InChI=1S/C22H21F2N7O2/c1-4-31-10-14(24)19-18(22(31)33)15(11-30(19)3)27-20-13(21(32)25-2)6-8-17(29-20)28-16-7-5-12(23)9-26-16/h5-11H,4H2,1-3H3,(H,25,32)(H2,26,27,28,29)/i2D3. The number of halogens is 2. The van der Waals surface area contributed by atoms with E-state index in [4.69, 9.17) is 4.11 Å². The number of amides is 1. The van der Waals surface area contributed by atoms with Gasteiger partial charge in [-0.15, -0.1) is 0 Å². The lowest BCUT2D eigenvalue weighted by molar-refractivity contribution is 0.0963. The topological polar surface area (TPSA) is 106 Å². The molecule has 0 spiro atoms. The number of aromatic nitrogens is 4. The van der Waals surface area contributed by atoms with E-state index in [1.165, 1.54) is 39.6 Å². The summed E-state index contributed by atoms with van der Waals surface area (Å²) >= 11 is 0. The second-order valence-electron chi connectivity index (χ2n) is 7.10. The molecule has 0 atom stereocenters. The lowest BCUT2D eigenvalue weighted by Crippen LogP contribution is -2.21. The van der Waals surface area contributed by atoms with Crippen LogP contribution in [0.4, 0.5) is 31.9 Å². The van der Waals surface area contributed by atoms with E-state index in [0.29, 0.717) is 0 Å². The molecule has 4 aromatic rings. The molecule has 0 aliphatic rings. The van der Waals surface area contributed by atoms with E-state index < -0.39 is 30.1 Å². The second kappa shape index (κ2) is 8.69. The summed E-state index contributed by atoms with van der Waals surface area (Å²) in [5.74, 6) is -1.77. The Morgan fingerprint density at radius 3 is 2.64 bits per heavy atom. The van der Waals surface area contributed by atoms with Crippen LogP contribution < -0.4 is 21.5 Å². The number of rotatable bonds is 6. The first-order valence-corrected chi connectivity index (χ1v) is 9.84. The zero-order valence-corrected chi connectivity index (χ0v) is 17.6. The molecule has 0 saturated heterocycles. The maximum Gasteiger partial charge on any atom is 0.262 e. The molecule has 0 radical (unpaired) electrons. The Kier molecular flexibility index (Phi) is 4.82. The maximum absolute atomic E-state index is 14.8. The van der Waals surface area contributed by atoms with Gasteiger partial charge in [-0.25, -0.2) is 18.7 Å². The van der Waals surface area contributed by atoms with Gasteiger partial charge in [-0.1, -0.05) is 0 Å². The Hall–Kier alpha value is -4.28. The van der Waals surface area contributed by atoms with Crippen LogP contribution >= 0.6 is 0 Å². The Morgan fingerprint density at radius 2 is 1.94 bits per heavy atom. The first-order chi connectivity index (χ1) is 17.0. The molecule has 3 N–H and O–H groups in total. The van der Waals surface area contributed by atoms with Gasteiger partial charge in [-0.2, -0.15) is 0 Å². The molecule has 0 saturated carbocycles. The van der Waals surface area contributed by atoms with Gasteiger partial charge >= 0.3 is 0 Å². The molecule has 0 aliphatic heterocycles. The van der Waals surface area contributed by atoms with Crippen LogP contribution in [0.25, 0.3) is 10.9 Å². The highest BCUT2D eigenvalue weighted by Crippen LogP contribution is 2.29. The number of hydrogen-bond acceptors (Lipinski definition) is 6. The lowest BCUT2D eigenvalue weighted by atomic mass is 10.2. The van der Waals surface area contributed by atoms with E-state index in [0.717, 1.165) is 12.4 Å². The van der Waals surface area contributed by atoms with Crippen LogP contribution in [0.5, 0.6) is 0 Å². The smallest absolute Gasteiger partial charge is 0.262 e. The summed E-state index contributed by atoms with van der Waals surface area (Å²) in [5.41, 5.74) is -0.402. The minimum absolute atomic E-state index is 0.0295. The molecule has 0 unspecified atom stereocenters. The number of hydrogen-bond donors (Lipinski definition) is 3. The van der Waals surface area contributed by atoms with Crippen LogP contribution in [0.2, 0.25) is 0 Å². The van der Waals surface area contributed by atoms with Crippen molar-refractivity contribution in [2.24, 2.45) is 7.05 Å². The third-order valence-corrected chi connectivity index (χ3v) is 4.98. The van der Waals surface area contributed by atoms with Gasteiger partial charge in [-0.3, -0.25) is 9.59 Å². The molecule has 4 heterocycles. The fourth-order valence-electron chi connectivity index (χ4n) is 3.44. The zero-order chi connectivity index (χ0) is 26.2. The number of nitrogens with one attached hydrogen (secondary N) is 3. The van der Waals surface area contributed by atoms with Crippen LogP contribution in [-0.2, 0) is 13.6 Å². The number of nitrogens with zero attached hydrogens (tertiary/aromatic N) is 4. The first-order valence-electron chi connectivity index (χ1n) is 11.3. The minimum atomic E-state index is -2.76. The fourth-order valence-corrected chi connectivity index (χ4v) is 3.44. The van der Waals surface area contributed by atoms with Gasteiger partial charge in [0.05, 0.1) is 28.4 Å². The third kappa shape index (κ3) is 4.12. The normalized spacial score (nSPS) is 12.7. The monoisotopic (exact) mass is 456 g/mol. The average molecular weight is 456 g/mol. The predicted molar refractivity (Wildman–Crippen MR) is 121 cm³/mol. The van der Waals surface area contributed by atoms with Gasteiger partial charge in [0.2, 0.25) is 0 Å². The van der Waals surface area contributed by atoms with Gasteiger partial charge in [0.1, 0.15) is 23.3 Å². The number of fused-ring (bicyclic) bond motifs is 1. The summed E-state index contributed by atoms with van der Waals surface area (Å²) in [6.07, 6.45) is 3.58. The van der Waals surface area contributed by atoms with Crippen molar-refractivity contribution in [3.63, 3.8) is 0 Å². The Morgan fingerprint density at radius 1 is 1.15 bits per heavy atom. The van der Waals surface area contributed by atoms with E-state index in [1.54, 1.807) is 14.0 Å². The molecule has 0 aromatic carbocycles. The summed E-state index contributed by atoms with van der Waals surface area (Å²) in [6, 6.07) is 5.28. The van der Waals surface area contributed by atoms with Crippen molar-refractivity contribution < 1.29 is 17.7 Å². The molecule has 4 rings (SSSR count). The van der Waals surface area contributed by atoms with E-state index in [-0.39, 0.29) is 46.2 Å². The molecule has 170 valence electrons. The summed E-state index contributed by atoms with van der Waals surface area (Å²) < 4.78 is 52.6. The van der Waals surface area contributed by atoms with Crippen molar-refractivity contribution in [1.29, 1.82) is 0 Å². The summed E-state index contributed by atoms with van der Waals surface area (Å²) in [4.78, 5) is 33.9. The van der Waals surface area contributed by atoms with Crippen molar-refractivity contribution in [3.05, 3.63) is 70.4 Å². The number of carbonyl (C=O) groups excluding carboxylic acids is 1.